The maximum atomic E-state index is 12.0. The average molecular weight is 202 g/mol. The van der Waals surface area contributed by atoms with Crippen LogP contribution in [0.5, 0.6) is 5.75 Å². The van der Waals surface area contributed by atoms with Crippen molar-refractivity contribution in [1.29, 1.82) is 0 Å². The molecule has 0 bridgehead atoms. The summed E-state index contributed by atoms with van der Waals surface area (Å²) >= 11 is 0. The van der Waals surface area contributed by atoms with Gasteiger partial charge in [0.15, 0.2) is 0 Å². The second kappa shape index (κ2) is 4.37. The molecule has 0 unspecified atom stereocenters. The monoisotopic (exact) mass is 202 g/mol. The Morgan fingerprint density at radius 3 is 2.50 bits per heavy atom. The minimum absolute atomic E-state index is 0.0283. The van der Waals surface area contributed by atoms with Gasteiger partial charge in [0.05, 0.1) is 6.10 Å². The van der Waals surface area contributed by atoms with Crippen molar-refractivity contribution >= 4 is 0 Å². The van der Waals surface area contributed by atoms with E-state index in [1.807, 2.05) is 6.92 Å². The Balaban J connectivity index is 3.02. The maximum absolute atomic E-state index is 12.0. The minimum atomic E-state index is -2.87. The number of halogens is 2. The van der Waals surface area contributed by atoms with Gasteiger partial charge >= 0.3 is 6.61 Å². The predicted octanol–water partition coefficient (Wildman–Crippen LogP) is 2.65. The van der Waals surface area contributed by atoms with Gasteiger partial charge in [-0.05, 0) is 26.0 Å². The molecule has 0 saturated carbocycles. The zero-order chi connectivity index (χ0) is 10.7. The first kappa shape index (κ1) is 10.9. The molecule has 14 heavy (non-hydrogen) atoms. The van der Waals surface area contributed by atoms with Crippen molar-refractivity contribution in [1.82, 2.24) is 0 Å². The first-order valence-electron chi connectivity index (χ1n) is 4.24. The van der Waals surface area contributed by atoms with Gasteiger partial charge in [0.1, 0.15) is 5.75 Å². The van der Waals surface area contributed by atoms with Crippen LogP contribution in [0, 0.1) is 6.92 Å². The Morgan fingerprint density at radius 1 is 1.36 bits per heavy atom. The van der Waals surface area contributed by atoms with Gasteiger partial charge in [-0.25, -0.2) is 0 Å². The van der Waals surface area contributed by atoms with Gasteiger partial charge in [-0.15, -0.1) is 0 Å². The molecular formula is C10H12F2O2. The van der Waals surface area contributed by atoms with Crippen molar-refractivity contribution in [2.45, 2.75) is 26.6 Å². The highest BCUT2D eigenvalue weighted by atomic mass is 19.3. The summed E-state index contributed by atoms with van der Waals surface area (Å²) < 4.78 is 28.2. The standard InChI is InChI=1S/C10H12F2O2/c1-6-3-4-9(14-10(11)12)8(5-6)7(2)13/h3-5,7,10,13H,1-2H3/t7-/m1/s1. The summed E-state index contributed by atoms with van der Waals surface area (Å²) in [7, 11) is 0. The molecule has 0 aliphatic carbocycles. The third kappa shape index (κ3) is 2.67. The fourth-order valence-corrected chi connectivity index (χ4v) is 1.20. The zero-order valence-electron chi connectivity index (χ0n) is 8.00. The van der Waals surface area contributed by atoms with Crippen LogP contribution in [0.25, 0.3) is 0 Å². The van der Waals surface area contributed by atoms with Crippen molar-refractivity contribution in [3.8, 4) is 5.75 Å². The quantitative estimate of drug-likeness (QED) is 0.816. The van der Waals surface area contributed by atoms with Crippen LogP contribution in [-0.2, 0) is 0 Å². The second-order valence-electron chi connectivity index (χ2n) is 3.10. The summed E-state index contributed by atoms with van der Waals surface area (Å²) in [6.07, 6.45) is -0.816. The van der Waals surface area contributed by atoms with E-state index in [4.69, 9.17) is 0 Å². The van der Waals surface area contributed by atoms with Crippen LogP contribution in [0.2, 0.25) is 0 Å². The molecule has 0 aromatic heterocycles. The molecule has 0 saturated heterocycles. The molecule has 4 heteroatoms. The average Bonchev–Trinajstić information content (AvgIpc) is 2.07. The van der Waals surface area contributed by atoms with Crippen LogP contribution < -0.4 is 4.74 Å². The summed E-state index contributed by atoms with van der Waals surface area (Å²) in [5.41, 5.74) is 1.27. The molecule has 0 aliphatic rings. The van der Waals surface area contributed by atoms with E-state index in [-0.39, 0.29) is 5.75 Å². The molecule has 78 valence electrons. The number of aryl methyl sites for hydroxylation is 1. The molecular weight excluding hydrogens is 190 g/mol. The Labute approximate surface area is 81.1 Å². The normalized spacial score (nSPS) is 13.0. The molecule has 0 aliphatic heterocycles. The number of aliphatic hydroxyl groups excluding tert-OH is 1. The maximum Gasteiger partial charge on any atom is 0.387 e. The SMILES string of the molecule is Cc1ccc(OC(F)F)c([C@@H](C)O)c1. The summed E-state index contributed by atoms with van der Waals surface area (Å²) in [6.45, 7) is 0.459. The third-order valence-electron chi connectivity index (χ3n) is 1.83. The summed E-state index contributed by atoms with van der Waals surface area (Å²) in [6, 6.07) is 4.72. The Kier molecular flexibility index (Phi) is 3.41. The van der Waals surface area contributed by atoms with Crippen molar-refractivity contribution in [2.75, 3.05) is 0 Å². The lowest BCUT2D eigenvalue weighted by Gasteiger charge is -2.13. The van der Waals surface area contributed by atoms with Gasteiger partial charge in [-0.2, -0.15) is 8.78 Å². The van der Waals surface area contributed by atoms with Crippen molar-refractivity contribution in [3.05, 3.63) is 29.3 Å². The highest BCUT2D eigenvalue weighted by Gasteiger charge is 2.12. The summed E-state index contributed by atoms with van der Waals surface area (Å²) in [5, 5.41) is 9.32. The molecule has 1 aromatic rings. The summed E-state index contributed by atoms with van der Waals surface area (Å²) in [4.78, 5) is 0. The molecule has 0 fully saturated rings. The highest BCUT2D eigenvalue weighted by molar-refractivity contribution is 5.38. The van der Waals surface area contributed by atoms with Crippen LogP contribution in [0.1, 0.15) is 24.2 Å². The molecule has 0 amide bonds. The topological polar surface area (TPSA) is 29.5 Å². The van der Waals surface area contributed by atoms with Crippen molar-refractivity contribution in [2.24, 2.45) is 0 Å². The second-order valence-corrected chi connectivity index (χ2v) is 3.10. The first-order chi connectivity index (χ1) is 6.50. The number of benzene rings is 1. The lowest BCUT2D eigenvalue weighted by Crippen LogP contribution is -2.06. The molecule has 0 radical (unpaired) electrons. The largest absolute Gasteiger partial charge is 0.434 e. The van der Waals surface area contributed by atoms with Crippen molar-refractivity contribution < 1.29 is 18.6 Å². The summed E-state index contributed by atoms with van der Waals surface area (Å²) in [5.74, 6) is 0.0283. The van der Waals surface area contributed by atoms with Gasteiger partial charge in [-0.1, -0.05) is 11.6 Å². The molecule has 1 aromatic carbocycles. The van der Waals surface area contributed by atoms with Gasteiger partial charge in [0.25, 0.3) is 0 Å². The van der Waals surface area contributed by atoms with Crippen LogP contribution in [0.3, 0.4) is 0 Å². The van der Waals surface area contributed by atoms with Crippen LogP contribution in [0.4, 0.5) is 8.78 Å². The first-order valence-corrected chi connectivity index (χ1v) is 4.24. The number of alkyl halides is 2. The number of ether oxygens (including phenoxy) is 1. The smallest absolute Gasteiger partial charge is 0.387 e. The number of hydrogen-bond donors (Lipinski definition) is 1. The number of aliphatic hydroxyl groups is 1. The molecule has 2 nitrogen and oxygen atoms in total. The Morgan fingerprint density at radius 2 is 2.00 bits per heavy atom. The van der Waals surface area contributed by atoms with E-state index in [2.05, 4.69) is 4.74 Å². The number of hydrogen-bond acceptors (Lipinski definition) is 2. The van der Waals surface area contributed by atoms with Gasteiger partial charge in [0.2, 0.25) is 0 Å². The molecule has 0 spiro atoms. The lowest BCUT2D eigenvalue weighted by atomic mass is 10.1. The van der Waals surface area contributed by atoms with Gasteiger partial charge < -0.3 is 9.84 Å². The lowest BCUT2D eigenvalue weighted by molar-refractivity contribution is -0.0514. The molecule has 1 rings (SSSR count). The minimum Gasteiger partial charge on any atom is -0.434 e. The van der Waals surface area contributed by atoms with E-state index in [0.717, 1.165) is 5.56 Å². The van der Waals surface area contributed by atoms with Crippen LogP contribution >= 0.6 is 0 Å². The predicted molar refractivity (Wildman–Crippen MR) is 48.4 cm³/mol. The van der Waals surface area contributed by atoms with Crippen LogP contribution in [-0.4, -0.2) is 11.7 Å². The number of rotatable bonds is 3. The molecule has 1 atom stereocenters. The third-order valence-corrected chi connectivity index (χ3v) is 1.83. The van der Waals surface area contributed by atoms with Gasteiger partial charge in [0, 0.05) is 5.56 Å². The fraction of sp³-hybridized carbons (Fsp3) is 0.400. The zero-order valence-corrected chi connectivity index (χ0v) is 8.00. The molecule has 0 heterocycles. The molecule has 1 N–H and O–H groups in total. The van der Waals surface area contributed by atoms with E-state index in [1.165, 1.54) is 13.0 Å². The van der Waals surface area contributed by atoms with E-state index in [1.54, 1.807) is 12.1 Å². The van der Waals surface area contributed by atoms with E-state index in [9.17, 15) is 13.9 Å². The highest BCUT2D eigenvalue weighted by Crippen LogP contribution is 2.27. The van der Waals surface area contributed by atoms with E-state index < -0.39 is 12.7 Å². The fourth-order valence-electron chi connectivity index (χ4n) is 1.20. The van der Waals surface area contributed by atoms with Gasteiger partial charge in [-0.3, -0.25) is 0 Å². The van der Waals surface area contributed by atoms with Crippen molar-refractivity contribution in [3.63, 3.8) is 0 Å². The van der Waals surface area contributed by atoms with E-state index in [0.29, 0.717) is 5.56 Å². The Hall–Kier alpha value is -1.16. The Bertz CT molecular complexity index is 311. The van der Waals surface area contributed by atoms with Crippen LogP contribution in [0.15, 0.2) is 18.2 Å². The van der Waals surface area contributed by atoms with E-state index >= 15 is 0 Å².